The van der Waals surface area contributed by atoms with Gasteiger partial charge < -0.3 is 19.6 Å². The number of anilines is 1. The first-order valence-corrected chi connectivity index (χ1v) is 11.4. The number of pyridine rings is 1. The predicted molar refractivity (Wildman–Crippen MR) is 135 cm³/mol. The Labute approximate surface area is 214 Å². The predicted octanol–water partition coefficient (Wildman–Crippen LogP) is 4.91. The van der Waals surface area contributed by atoms with E-state index in [2.05, 4.69) is 15.0 Å². The van der Waals surface area contributed by atoms with Crippen LogP contribution in [0, 0.1) is 0 Å². The number of H-pyrrole nitrogens is 1. The fourth-order valence-corrected chi connectivity index (χ4v) is 4.94. The van der Waals surface area contributed by atoms with Gasteiger partial charge >= 0.3 is 5.91 Å². The summed E-state index contributed by atoms with van der Waals surface area (Å²) in [6.07, 6.45) is 3.06. The van der Waals surface area contributed by atoms with Crippen molar-refractivity contribution in [3.63, 3.8) is 0 Å². The fraction of sp³-hybridized carbons (Fsp3) is 0.120. The van der Waals surface area contributed by atoms with Gasteiger partial charge in [-0.25, -0.2) is 4.98 Å². The smallest absolute Gasteiger partial charge is 0.302 e. The number of benzene rings is 2. The molecule has 1 aliphatic heterocycles. The molecule has 2 aromatic carbocycles. The largest absolute Gasteiger partial charge is 0.507 e. The van der Waals surface area contributed by atoms with E-state index >= 15 is 0 Å². The lowest BCUT2D eigenvalue weighted by Gasteiger charge is -2.23. The number of hydrogen-bond donors (Lipinski definition) is 2. The maximum Gasteiger partial charge on any atom is 0.302 e. The highest BCUT2D eigenvalue weighted by Gasteiger charge is 2.48. The average Bonchev–Trinajstić information content (AvgIpc) is 3.42. The summed E-state index contributed by atoms with van der Waals surface area (Å²) in [5, 5.41) is 11.5. The van der Waals surface area contributed by atoms with Gasteiger partial charge in [0, 0.05) is 12.4 Å². The van der Waals surface area contributed by atoms with E-state index < -0.39 is 23.5 Å². The van der Waals surface area contributed by atoms with Crippen molar-refractivity contribution >= 4 is 57.6 Å². The summed E-state index contributed by atoms with van der Waals surface area (Å²) >= 11 is 12.7. The third-order valence-corrected chi connectivity index (χ3v) is 6.47. The third-order valence-electron chi connectivity index (χ3n) is 5.84. The monoisotopic (exact) mass is 524 g/mol. The van der Waals surface area contributed by atoms with Crippen molar-refractivity contribution in [2.24, 2.45) is 0 Å². The zero-order valence-electron chi connectivity index (χ0n) is 19.0. The average molecular weight is 525 g/mol. The number of aliphatic hydroxyl groups is 1. The van der Waals surface area contributed by atoms with Crippen molar-refractivity contribution in [1.82, 2.24) is 15.0 Å². The molecule has 9 nitrogen and oxygen atoms in total. The molecule has 4 aromatic rings. The highest BCUT2D eigenvalue weighted by atomic mass is 35.5. The van der Waals surface area contributed by atoms with Crippen molar-refractivity contribution in [3.8, 4) is 11.5 Å². The Balaban J connectivity index is 1.77. The Morgan fingerprint density at radius 3 is 2.50 bits per heavy atom. The molecule has 0 spiro atoms. The van der Waals surface area contributed by atoms with E-state index in [0.29, 0.717) is 16.6 Å². The third kappa shape index (κ3) is 3.64. The fourth-order valence-electron chi connectivity index (χ4n) is 4.25. The van der Waals surface area contributed by atoms with Crippen LogP contribution >= 0.6 is 23.2 Å². The Morgan fingerprint density at radius 1 is 1.08 bits per heavy atom. The summed E-state index contributed by atoms with van der Waals surface area (Å²) in [7, 11) is 2.73. The normalized spacial score (nSPS) is 17.1. The van der Waals surface area contributed by atoms with E-state index in [1.165, 1.54) is 31.4 Å². The van der Waals surface area contributed by atoms with Crippen molar-refractivity contribution < 1.29 is 24.2 Å². The van der Waals surface area contributed by atoms with Crippen molar-refractivity contribution in [2.45, 2.75) is 6.04 Å². The molecule has 2 N–H and O–H groups in total. The number of hydrogen-bond acceptors (Lipinski definition) is 7. The van der Waals surface area contributed by atoms with Gasteiger partial charge in [-0.3, -0.25) is 19.5 Å². The zero-order valence-corrected chi connectivity index (χ0v) is 20.5. The molecule has 36 heavy (non-hydrogen) atoms. The molecular formula is C25H18Cl2N4O5. The molecule has 0 radical (unpaired) electrons. The Bertz CT molecular complexity index is 1520. The lowest BCUT2D eigenvalue weighted by atomic mass is 9.96. The van der Waals surface area contributed by atoms with Crippen LogP contribution in [0.2, 0.25) is 10.0 Å². The number of para-hydroxylation sites is 2. The molecule has 0 aliphatic carbocycles. The number of aliphatic hydroxyl groups excluding tert-OH is 1. The number of fused-ring (bicyclic) bond motifs is 1. The topological polar surface area (TPSA) is 118 Å². The quantitative estimate of drug-likeness (QED) is 0.216. The first kappa shape index (κ1) is 23.7. The summed E-state index contributed by atoms with van der Waals surface area (Å²) in [4.78, 5) is 39.6. The second-order valence-corrected chi connectivity index (χ2v) is 8.60. The maximum atomic E-state index is 13.4. The van der Waals surface area contributed by atoms with Gasteiger partial charge in [0.25, 0.3) is 5.78 Å². The number of halogens is 2. The Morgan fingerprint density at radius 2 is 1.83 bits per heavy atom. The van der Waals surface area contributed by atoms with Crippen LogP contribution in [-0.4, -0.2) is 46.0 Å². The van der Waals surface area contributed by atoms with Crippen LogP contribution in [0.4, 0.5) is 5.95 Å². The Hall–Kier alpha value is -4.08. The number of aromatic nitrogens is 3. The molecule has 1 unspecified atom stereocenters. The molecule has 1 fully saturated rings. The number of nitrogens with one attached hydrogen (secondary N) is 1. The molecule has 1 saturated heterocycles. The van der Waals surface area contributed by atoms with Gasteiger partial charge in [0.1, 0.15) is 10.8 Å². The Kier molecular flexibility index (Phi) is 6.03. The molecule has 3 heterocycles. The molecular weight excluding hydrogens is 507 g/mol. The summed E-state index contributed by atoms with van der Waals surface area (Å²) < 4.78 is 10.6. The van der Waals surface area contributed by atoms with Crippen LogP contribution in [0.25, 0.3) is 16.8 Å². The van der Waals surface area contributed by atoms with E-state index in [9.17, 15) is 14.7 Å². The number of methoxy groups -OCH3 is 2. The van der Waals surface area contributed by atoms with Gasteiger partial charge in [-0.2, -0.15) is 0 Å². The van der Waals surface area contributed by atoms with E-state index in [4.69, 9.17) is 32.7 Å². The van der Waals surface area contributed by atoms with Crippen LogP contribution in [0.3, 0.4) is 0 Å². The highest BCUT2D eigenvalue weighted by Crippen LogP contribution is 2.47. The van der Waals surface area contributed by atoms with Crippen molar-refractivity contribution in [3.05, 3.63) is 81.6 Å². The molecule has 0 saturated carbocycles. The first-order chi connectivity index (χ1) is 17.4. The van der Waals surface area contributed by atoms with E-state index in [-0.39, 0.29) is 38.6 Å². The van der Waals surface area contributed by atoms with Gasteiger partial charge in [0.05, 0.1) is 47.5 Å². The second kappa shape index (κ2) is 9.18. The number of rotatable bonds is 5. The highest BCUT2D eigenvalue weighted by molar-refractivity contribution is 6.51. The number of aromatic amines is 1. The van der Waals surface area contributed by atoms with Crippen LogP contribution in [0.5, 0.6) is 11.5 Å². The van der Waals surface area contributed by atoms with Crippen molar-refractivity contribution in [1.29, 1.82) is 0 Å². The van der Waals surface area contributed by atoms with E-state index in [1.54, 1.807) is 30.5 Å². The number of carbonyl (C=O) groups excluding carboxylic acids is 2. The second-order valence-electron chi connectivity index (χ2n) is 7.82. The van der Waals surface area contributed by atoms with Crippen molar-refractivity contribution in [2.75, 3.05) is 19.1 Å². The minimum atomic E-state index is -1.05. The number of carbonyl (C=O) groups is 2. The van der Waals surface area contributed by atoms with Gasteiger partial charge in [-0.15, -0.1) is 0 Å². The molecule has 1 atom stereocenters. The van der Waals surface area contributed by atoms with E-state index in [0.717, 1.165) is 0 Å². The van der Waals surface area contributed by atoms with Crippen LogP contribution in [0.1, 0.15) is 17.2 Å². The summed E-state index contributed by atoms with van der Waals surface area (Å²) in [5.41, 5.74) is 1.57. The number of ether oxygens (including phenoxy) is 2. The van der Waals surface area contributed by atoms with E-state index in [1.807, 2.05) is 12.1 Å². The number of nitrogens with zero attached hydrogens (tertiary/aromatic N) is 3. The van der Waals surface area contributed by atoms with Gasteiger partial charge in [0.15, 0.2) is 11.5 Å². The summed E-state index contributed by atoms with van der Waals surface area (Å²) in [5.74, 6) is -2.03. The lowest BCUT2D eigenvalue weighted by Crippen LogP contribution is -2.30. The molecule has 1 amide bonds. The lowest BCUT2D eigenvalue weighted by molar-refractivity contribution is -0.132. The van der Waals surface area contributed by atoms with Crippen LogP contribution in [-0.2, 0) is 9.59 Å². The number of Topliss-reactive ketones (excluding diaryl/α,β-unsaturated/α-hetero) is 1. The van der Waals surface area contributed by atoms with Crippen LogP contribution < -0.4 is 14.4 Å². The maximum absolute atomic E-state index is 13.4. The minimum Gasteiger partial charge on any atom is -0.507 e. The summed E-state index contributed by atoms with van der Waals surface area (Å²) in [6, 6.07) is 10.9. The SMILES string of the molecule is COc1c(Cl)cc(/C(O)=C2\C(=O)C(=O)N(c3nc4ccccc4[nH]3)C2c2cccnc2)c(OC)c1Cl. The first-order valence-electron chi connectivity index (χ1n) is 10.6. The minimum absolute atomic E-state index is 0.00140. The summed E-state index contributed by atoms with van der Waals surface area (Å²) in [6.45, 7) is 0. The molecule has 11 heteroatoms. The molecule has 182 valence electrons. The number of imidazole rings is 1. The molecule has 5 rings (SSSR count). The van der Waals surface area contributed by atoms with Gasteiger partial charge in [-0.05, 0) is 29.8 Å². The molecule has 2 aromatic heterocycles. The molecule has 1 aliphatic rings. The number of ketones is 1. The number of amides is 1. The van der Waals surface area contributed by atoms with Gasteiger partial charge in [-0.1, -0.05) is 41.4 Å². The molecule has 0 bridgehead atoms. The standard InChI is InChI=1S/C25H18Cl2N4O5/c1-35-22-13(10-14(26)23(36-2)18(22)27)20(32)17-19(12-6-5-9-28-11-12)31(24(34)21(17)33)25-29-15-7-3-4-8-16(15)30-25/h3-11,19,32H,1-2H3,(H,29,30)/b20-17+. The zero-order chi connectivity index (χ0) is 25.6. The van der Waals surface area contributed by atoms with Crippen LogP contribution in [0.15, 0.2) is 60.4 Å². The van der Waals surface area contributed by atoms with Gasteiger partial charge in [0.2, 0.25) is 5.95 Å².